The zero-order chi connectivity index (χ0) is 13.1. The molecule has 0 atom stereocenters. The molecule has 0 saturated carbocycles. The van der Waals surface area contributed by atoms with Gasteiger partial charge in [-0.2, -0.15) is 0 Å². The SMILES string of the molecule is COc1cccc(OC(C)C)c1CC(C)(C)N. The van der Waals surface area contributed by atoms with E-state index in [9.17, 15) is 0 Å². The van der Waals surface area contributed by atoms with Gasteiger partial charge in [-0.25, -0.2) is 0 Å². The van der Waals surface area contributed by atoms with E-state index < -0.39 is 0 Å². The standard InChI is InChI=1S/C14H23NO2/c1-10(2)17-13-8-6-7-12(16-5)11(13)9-14(3,4)15/h6-8,10H,9,15H2,1-5H3. The van der Waals surface area contributed by atoms with Gasteiger partial charge in [0.2, 0.25) is 0 Å². The fraction of sp³-hybridized carbons (Fsp3) is 0.571. The second-order valence-corrected chi connectivity index (χ2v) is 5.27. The summed E-state index contributed by atoms with van der Waals surface area (Å²) in [4.78, 5) is 0. The van der Waals surface area contributed by atoms with Gasteiger partial charge in [0.25, 0.3) is 0 Å². The largest absolute Gasteiger partial charge is 0.496 e. The number of benzene rings is 1. The molecule has 0 aliphatic rings. The minimum absolute atomic E-state index is 0.141. The van der Waals surface area contributed by atoms with Crippen LogP contribution in [0.1, 0.15) is 33.3 Å². The fourth-order valence-electron chi connectivity index (χ4n) is 1.73. The van der Waals surface area contributed by atoms with Crippen LogP contribution in [0.4, 0.5) is 0 Å². The van der Waals surface area contributed by atoms with E-state index in [0.29, 0.717) is 0 Å². The monoisotopic (exact) mass is 237 g/mol. The number of hydrogen-bond acceptors (Lipinski definition) is 3. The van der Waals surface area contributed by atoms with E-state index in [1.807, 2.05) is 45.9 Å². The molecule has 1 rings (SSSR count). The van der Waals surface area contributed by atoms with Crippen LogP contribution in [-0.2, 0) is 6.42 Å². The van der Waals surface area contributed by atoms with Crippen molar-refractivity contribution in [3.05, 3.63) is 23.8 Å². The van der Waals surface area contributed by atoms with Gasteiger partial charge in [-0.3, -0.25) is 0 Å². The lowest BCUT2D eigenvalue weighted by atomic mass is 9.95. The Balaban J connectivity index is 3.11. The average molecular weight is 237 g/mol. The topological polar surface area (TPSA) is 44.5 Å². The maximum Gasteiger partial charge on any atom is 0.126 e. The molecule has 0 radical (unpaired) electrons. The summed E-state index contributed by atoms with van der Waals surface area (Å²) in [5, 5.41) is 0. The first kappa shape index (κ1) is 13.8. The van der Waals surface area contributed by atoms with E-state index >= 15 is 0 Å². The first-order valence-electron chi connectivity index (χ1n) is 5.95. The summed E-state index contributed by atoms with van der Waals surface area (Å²) in [6.45, 7) is 8.02. The smallest absolute Gasteiger partial charge is 0.126 e. The van der Waals surface area contributed by atoms with Gasteiger partial charge < -0.3 is 15.2 Å². The predicted molar refractivity (Wildman–Crippen MR) is 70.7 cm³/mol. The van der Waals surface area contributed by atoms with Crippen molar-refractivity contribution in [2.45, 2.75) is 45.8 Å². The zero-order valence-electron chi connectivity index (χ0n) is 11.4. The highest BCUT2D eigenvalue weighted by Crippen LogP contribution is 2.31. The molecule has 96 valence electrons. The van der Waals surface area contributed by atoms with Gasteiger partial charge in [-0.15, -0.1) is 0 Å². The number of rotatable bonds is 5. The molecule has 0 bridgehead atoms. The van der Waals surface area contributed by atoms with Crippen LogP contribution in [0, 0.1) is 0 Å². The van der Waals surface area contributed by atoms with Crippen LogP contribution in [0.25, 0.3) is 0 Å². The zero-order valence-corrected chi connectivity index (χ0v) is 11.4. The molecule has 17 heavy (non-hydrogen) atoms. The molecule has 2 N–H and O–H groups in total. The van der Waals surface area contributed by atoms with Gasteiger partial charge in [0.1, 0.15) is 11.5 Å². The van der Waals surface area contributed by atoms with Crippen LogP contribution in [-0.4, -0.2) is 18.8 Å². The second kappa shape index (κ2) is 5.41. The lowest BCUT2D eigenvalue weighted by Gasteiger charge is -2.23. The summed E-state index contributed by atoms with van der Waals surface area (Å²) in [6, 6.07) is 5.83. The van der Waals surface area contributed by atoms with Crippen molar-refractivity contribution in [1.82, 2.24) is 0 Å². The third-order valence-electron chi connectivity index (χ3n) is 2.31. The summed E-state index contributed by atoms with van der Waals surface area (Å²) >= 11 is 0. The van der Waals surface area contributed by atoms with E-state index in [1.165, 1.54) is 0 Å². The molecule has 0 fully saturated rings. The van der Waals surface area contributed by atoms with Crippen molar-refractivity contribution in [1.29, 1.82) is 0 Å². The number of hydrogen-bond donors (Lipinski definition) is 1. The van der Waals surface area contributed by atoms with Gasteiger partial charge in [0.05, 0.1) is 13.2 Å². The highest BCUT2D eigenvalue weighted by Gasteiger charge is 2.19. The third kappa shape index (κ3) is 4.27. The average Bonchev–Trinajstić information content (AvgIpc) is 2.17. The Kier molecular flexibility index (Phi) is 4.40. The Hall–Kier alpha value is -1.22. The summed E-state index contributed by atoms with van der Waals surface area (Å²) in [5.74, 6) is 1.69. The van der Waals surface area contributed by atoms with E-state index in [1.54, 1.807) is 7.11 Å². The van der Waals surface area contributed by atoms with Crippen molar-refractivity contribution in [3.8, 4) is 11.5 Å². The van der Waals surface area contributed by atoms with Crippen LogP contribution < -0.4 is 15.2 Å². The molecule has 3 heteroatoms. The Bertz CT molecular complexity index is 367. The summed E-state index contributed by atoms with van der Waals surface area (Å²) in [7, 11) is 1.67. The molecule has 1 aromatic carbocycles. The van der Waals surface area contributed by atoms with Crippen molar-refractivity contribution in [2.24, 2.45) is 5.73 Å². The van der Waals surface area contributed by atoms with Crippen LogP contribution in [0.3, 0.4) is 0 Å². The number of nitrogens with two attached hydrogens (primary N) is 1. The molecule has 0 unspecified atom stereocenters. The quantitative estimate of drug-likeness (QED) is 0.856. The van der Waals surface area contributed by atoms with Gasteiger partial charge in [-0.05, 0) is 46.2 Å². The van der Waals surface area contributed by atoms with E-state index in [4.69, 9.17) is 15.2 Å². The van der Waals surface area contributed by atoms with Gasteiger partial charge >= 0.3 is 0 Å². The summed E-state index contributed by atoms with van der Waals surface area (Å²) < 4.78 is 11.2. The highest BCUT2D eigenvalue weighted by atomic mass is 16.5. The van der Waals surface area contributed by atoms with Crippen LogP contribution in [0.2, 0.25) is 0 Å². The van der Waals surface area contributed by atoms with E-state index in [2.05, 4.69) is 0 Å². The lowest BCUT2D eigenvalue weighted by molar-refractivity contribution is 0.237. The molecule has 0 aromatic heterocycles. The predicted octanol–water partition coefficient (Wildman–Crippen LogP) is 2.76. The minimum Gasteiger partial charge on any atom is -0.496 e. The molecule has 0 aliphatic heterocycles. The molecule has 0 amide bonds. The maximum absolute atomic E-state index is 6.08. The molecular weight excluding hydrogens is 214 g/mol. The fourth-order valence-corrected chi connectivity index (χ4v) is 1.73. The molecule has 0 aliphatic carbocycles. The Morgan fingerprint density at radius 2 is 1.82 bits per heavy atom. The van der Waals surface area contributed by atoms with Crippen LogP contribution >= 0.6 is 0 Å². The molecule has 3 nitrogen and oxygen atoms in total. The van der Waals surface area contributed by atoms with Crippen LogP contribution in [0.5, 0.6) is 11.5 Å². The first-order valence-corrected chi connectivity index (χ1v) is 5.95. The maximum atomic E-state index is 6.08. The van der Waals surface area contributed by atoms with E-state index in [0.717, 1.165) is 23.5 Å². The Morgan fingerprint density at radius 1 is 1.24 bits per heavy atom. The van der Waals surface area contributed by atoms with Crippen molar-refractivity contribution in [3.63, 3.8) is 0 Å². The molecule has 0 heterocycles. The number of methoxy groups -OCH3 is 1. The lowest BCUT2D eigenvalue weighted by Crippen LogP contribution is -2.34. The van der Waals surface area contributed by atoms with Crippen LogP contribution in [0.15, 0.2) is 18.2 Å². The third-order valence-corrected chi connectivity index (χ3v) is 2.31. The van der Waals surface area contributed by atoms with Gasteiger partial charge in [0.15, 0.2) is 0 Å². The normalized spacial score (nSPS) is 11.7. The number of ether oxygens (including phenoxy) is 2. The molecular formula is C14H23NO2. The molecule has 0 saturated heterocycles. The Morgan fingerprint density at radius 3 is 2.29 bits per heavy atom. The Labute approximate surface area is 104 Å². The highest BCUT2D eigenvalue weighted by molar-refractivity contribution is 5.45. The molecule has 1 aromatic rings. The van der Waals surface area contributed by atoms with Crippen molar-refractivity contribution < 1.29 is 9.47 Å². The first-order chi connectivity index (χ1) is 7.83. The summed E-state index contributed by atoms with van der Waals surface area (Å²) in [5.41, 5.74) is 6.83. The summed E-state index contributed by atoms with van der Waals surface area (Å²) in [6.07, 6.45) is 0.862. The van der Waals surface area contributed by atoms with E-state index in [-0.39, 0.29) is 11.6 Å². The van der Waals surface area contributed by atoms with Gasteiger partial charge in [-0.1, -0.05) is 6.07 Å². The van der Waals surface area contributed by atoms with Crippen molar-refractivity contribution in [2.75, 3.05) is 7.11 Å². The van der Waals surface area contributed by atoms with Gasteiger partial charge in [0, 0.05) is 11.1 Å². The molecule has 0 spiro atoms. The minimum atomic E-state index is -0.288. The van der Waals surface area contributed by atoms with Crippen molar-refractivity contribution >= 4 is 0 Å². The second-order valence-electron chi connectivity index (χ2n) is 5.27.